The molecule has 104 valence electrons. The number of aryl methyl sites for hydroxylation is 1. The Morgan fingerprint density at radius 2 is 2.30 bits per heavy atom. The minimum Gasteiger partial charge on any atom is -0.469 e. The van der Waals surface area contributed by atoms with Crippen LogP contribution >= 0.6 is 11.3 Å². The molecule has 0 aliphatic carbocycles. The van der Waals surface area contributed by atoms with Gasteiger partial charge in [-0.1, -0.05) is 11.8 Å². The minimum absolute atomic E-state index is 0.0711. The number of carbonyl (C=O) groups is 1. The van der Waals surface area contributed by atoms with Crippen LogP contribution in [0.3, 0.4) is 0 Å². The van der Waals surface area contributed by atoms with Gasteiger partial charge in [0.05, 0.1) is 12.1 Å². The van der Waals surface area contributed by atoms with Gasteiger partial charge in [0.25, 0.3) is 5.91 Å². The summed E-state index contributed by atoms with van der Waals surface area (Å²) in [7, 11) is 1.75. The van der Waals surface area contributed by atoms with Crippen molar-refractivity contribution < 1.29 is 14.3 Å². The van der Waals surface area contributed by atoms with Crippen molar-refractivity contribution in [1.29, 1.82) is 0 Å². The summed E-state index contributed by atoms with van der Waals surface area (Å²) in [5, 5.41) is 10.6. The quantitative estimate of drug-likeness (QED) is 0.882. The summed E-state index contributed by atoms with van der Waals surface area (Å²) in [6.45, 7) is 2.18. The van der Waals surface area contributed by atoms with Crippen LogP contribution in [-0.4, -0.2) is 29.6 Å². The van der Waals surface area contributed by atoms with E-state index < -0.39 is 0 Å². The number of aliphatic hydroxyl groups excluding tert-OH is 1. The lowest BCUT2D eigenvalue weighted by atomic mass is 10.2. The largest absolute Gasteiger partial charge is 0.469 e. The molecule has 0 spiro atoms. The van der Waals surface area contributed by atoms with Crippen LogP contribution in [0.15, 0.2) is 28.2 Å². The van der Waals surface area contributed by atoms with Gasteiger partial charge in [0.2, 0.25) is 0 Å². The molecule has 2 aromatic rings. The molecule has 0 atom stereocenters. The van der Waals surface area contributed by atoms with E-state index in [1.165, 1.54) is 6.26 Å². The highest BCUT2D eigenvalue weighted by Gasteiger charge is 2.14. The van der Waals surface area contributed by atoms with Crippen LogP contribution < -0.4 is 0 Å². The first-order valence-electron chi connectivity index (χ1n) is 6.08. The van der Waals surface area contributed by atoms with Gasteiger partial charge >= 0.3 is 0 Å². The number of hydrogen-bond acceptors (Lipinski definition) is 4. The second-order valence-electron chi connectivity index (χ2n) is 4.37. The minimum atomic E-state index is -0.149. The Morgan fingerprint density at radius 3 is 2.95 bits per heavy atom. The highest BCUT2D eigenvalue weighted by atomic mass is 32.1. The smallest absolute Gasteiger partial charge is 0.257 e. The van der Waals surface area contributed by atoms with E-state index in [2.05, 4.69) is 11.8 Å². The van der Waals surface area contributed by atoms with E-state index in [9.17, 15) is 4.79 Å². The van der Waals surface area contributed by atoms with Crippen LogP contribution in [0.5, 0.6) is 0 Å². The van der Waals surface area contributed by atoms with Gasteiger partial charge in [-0.25, -0.2) is 0 Å². The maximum Gasteiger partial charge on any atom is 0.257 e. The molecule has 2 aromatic heterocycles. The summed E-state index contributed by atoms with van der Waals surface area (Å²) in [4.78, 5) is 14.8. The zero-order chi connectivity index (χ0) is 14.5. The first-order valence-corrected chi connectivity index (χ1v) is 6.96. The van der Waals surface area contributed by atoms with Crippen LogP contribution in [-0.2, 0) is 6.54 Å². The van der Waals surface area contributed by atoms with Gasteiger partial charge in [0.15, 0.2) is 0 Å². The molecule has 0 aliphatic rings. The molecule has 20 heavy (non-hydrogen) atoms. The molecule has 5 heteroatoms. The predicted octanol–water partition coefficient (Wildman–Crippen LogP) is 2.27. The lowest BCUT2D eigenvalue weighted by Crippen LogP contribution is -2.25. The Balaban J connectivity index is 2.02. The van der Waals surface area contributed by atoms with E-state index in [4.69, 9.17) is 9.52 Å². The average Bonchev–Trinajstić information content (AvgIpc) is 3.04. The maximum atomic E-state index is 12.2. The van der Waals surface area contributed by atoms with Crippen LogP contribution in [0, 0.1) is 18.8 Å². The molecule has 2 rings (SSSR count). The third-order valence-electron chi connectivity index (χ3n) is 2.68. The summed E-state index contributed by atoms with van der Waals surface area (Å²) >= 11 is 1.54. The number of amides is 1. The fourth-order valence-corrected chi connectivity index (χ4v) is 2.62. The lowest BCUT2D eigenvalue weighted by Gasteiger charge is -2.14. The summed E-state index contributed by atoms with van der Waals surface area (Å²) < 4.78 is 5.15. The SMILES string of the molecule is Cc1cc(C(=O)N(C)Cc2cc(C#CCO)cs2)co1. The van der Waals surface area contributed by atoms with Crippen LogP contribution in [0.2, 0.25) is 0 Å². The van der Waals surface area contributed by atoms with Gasteiger partial charge in [-0.15, -0.1) is 11.3 Å². The highest BCUT2D eigenvalue weighted by molar-refractivity contribution is 7.10. The zero-order valence-electron chi connectivity index (χ0n) is 11.3. The van der Waals surface area contributed by atoms with Crippen molar-refractivity contribution in [2.75, 3.05) is 13.7 Å². The second kappa shape index (κ2) is 6.42. The molecule has 0 bridgehead atoms. The van der Waals surface area contributed by atoms with Crippen molar-refractivity contribution in [1.82, 2.24) is 4.90 Å². The molecule has 0 fully saturated rings. The topological polar surface area (TPSA) is 53.7 Å². The van der Waals surface area contributed by atoms with Gasteiger partial charge in [0.1, 0.15) is 18.6 Å². The molecule has 1 amide bonds. The van der Waals surface area contributed by atoms with Crippen LogP contribution in [0.25, 0.3) is 0 Å². The van der Waals surface area contributed by atoms with E-state index in [1.54, 1.807) is 29.4 Å². The molecule has 0 aromatic carbocycles. The van der Waals surface area contributed by atoms with Crippen molar-refractivity contribution >= 4 is 17.2 Å². The molecule has 0 saturated carbocycles. The predicted molar refractivity (Wildman–Crippen MR) is 77.5 cm³/mol. The highest BCUT2D eigenvalue weighted by Crippen LogP contribution is 2.17. The third kappa shape index (κ3) is 3.50. The molecular formula is C15H15NO3S. The number of furan rings is 1. The molecule has 0 aliphatic heterocycles. The normalized spacial score (nSPS) is 9.95. The second-order valence-corrected chi connectivity index (χ2v) is 5.36. The lowest BCUT2D eigenvalue weighted by molar-refractivity contribution is 0.0785. The average molecular weight is 289 g/mol. The van der Waals surface area contributed by atoms with Crippen molar-refractivity contribution in [2.45, 2.75) is 13.5 Å². The Morgan fingerprint density at radius 1 is 1.50 bits per heavy atom. The van der Waals surface area contributed by atoms with E-state index in [0.717, 1.165) is 16.2 Å². The summed E-state index contributed by atoms with van der Waals surface area (Å²) in [5.74, 6) is 6.10. The first-order chi connectivity index (χ1) is 9.60. The molecule has 0 saturated heterocycles. The molecule has 0 radical (unpaired) electrons. The van der Waals surface area contributed by atoms with Gasteiger partial charge in [-0.05, 0) is 19.1 Å². The Kier molecular flexibility index (Phi) is 4.61. The number of thiophene rings is 1. The van der Waals surface area contributed by atoms with Crippen LogP contribution in [0.1, 0.15) is 26.6 Å². The van der Waals surface area contributed by atoms with E-state index in [0.29, 0.717) is 12.1 Å². The zero-order valence-corrected chi connectivity index (χ0v) is 12.2. The Labute approximate surface area is 121 Å². The number of rotatable bonds is 3. The van der Waals surface area contributed by atoms with Crippen molar-refractivity contribution in [3.05, 3.63) is 45.5 Å². The van der Waals surface area contributed by atoms with Gasteiger partial charge in [0, 0.05) is 22.9 Å². The fourth-order valence-electron chi connectivity index (χ4n) is 1.75. The molecular weight excluding hydrogens is 274 g/mol. The standard InChI is InChI=1S/C15H15NO3S/c1-11-6-13(9-19-11)15(18)16(2)8-14-7-12(10-20-14)4-3-5-17/h6-7,9-10,17H,5,8H2,1-2H3. The number of hydrogen-bond donors (Lipinski definition) is 1. The third-order valence-corrected chi connectivity index (χ3v) is 3.60. The van der Waals surface area contributed by atoms with Crippen molar-refractivity contribution in [3.8, 4) is 11.8 Å². The number of nitrogens with zero attached hydrogens (tertiary/aromatic N) is 1. The van der Waals surface area contributed by atoms with Gasteiger partial charge < -0.3 is 14.4 Å². The Bertz CT molecular complexity index is 660. The fraction of sp³-hybridized carbons (Fsp3) is 0.267. The maximum absolute atomic E-state index is 12.2. The number of carbonyl (C=O) groups excluding carboxylic acids is 1. The van der Waals surface area contributed by atoms with Crippen molar-refractivity contribution in [2.24, 2.45) is 0 Å². The van der Waals surface area contributed by atoms with Crippen LogP contribution in [0.4, 0.5) is 0 Å². The summed E-state index contributed by atoms with van der Waals surface area (Å²) in [5.41, 5.74) is 1.42. The van der Waals surface area contributed by atoms with Gasteiger partial charge in [-0.3, -0.25) is 4.79 Å². The van der Waals surface area contributed by atoms with E-state index in [1.807, 2.05) is 18.4 Å². The Hall–Kier alpha value is -2.03. The molecule has 1 N–H and O–H groups in total. The van der Waals surface area contributed by atoms with Crippen molar-refractivity contribution in [3.63, 3.8) is 0 Å². The molecule has 0 unspecified atom stereocenters. The first kappa shape index (κ1) is 14.4. The van der Waals surface area contributed by atoms with E-state index in [-0.39, 0.29) is 12.5 Å². The molecule has 2 heterocycles. The molecule has 4 nitrogen and oxygen atoms in total. The number of aliphatic hydroxyl groups is 1. The van der Waals surface area contributed by atoms with Gasteiger partial charge in [-0.2, -0.15) is 0 Å². The van der Waals surface area contributed by atoms with E-state index >= 15 is 0 Å². The summed E-state index contributed by atoms with van der Waals surface area (Å²) in [6.07, 6.45) is 1.47. The summed E-state index contributed by atoms with van der Waals surface area (Å²) in [6, 6.07) is 3.66. The monoisotopic (exact) mass is 289 g/mol.